The molecule has 0 spiro atoms. The fraction of sp³-hybridized carbons (Fsp3) is 0. The number of rotatable bonds is 0. The zero-order valence-electron chi connectivity index (χ0n) is 5.87. The van der Waals surface area contributed by atoms with E-state index < -0.39 is 18.7 Å². The molecule has 0 bridgehead atoms. The quantitative estimate of drug-likeness (QED) is 0.179. The second kappa shape index (κ2) is 7.99. The van der Waals surface area contributed by atoms with Crippen LogP contribution in [-0.2, 0) is 15.0 Å². The summed E-state index contributed by atoms with van der Waals surface area (Å²) in [6.07, 6.45) is 0. The molecular formula is H5NaO7PS+. The van der Waals surface area contributed by atoms with Crippen LogP contribution in [0.15, 0.2) is 0 Å². The van der Waals surface area contributed by atoms with Crippen molar-refractivity contribution in [3.8, 4) is 0 Å². The molecule has 4 N–H and O–H groups in total. The van der Waals surface area contributed by atoms with Gasteiger partial charge in [0.1, 0.15) is 0 Å². The molecule has 7 nitrogen and oxygen atoms in total. The van der Waals surface area contributed by atoms with Crippen molar-refractivity contribution in [2.45, 2.75) is 0 Å². The summed E-state index contributed by atoms with van der Waals surface area (Å²) in [6.45, 7) is 0. The van der Waals surface area contributed by atoms with Crippen molar-refractivity contribution >= 4 is 18.7 Å². The topological polar surface area (TPSA) is 132 Å². The van der Waals surface area contributed by atoms with E-state index in [4.69, 9.17) is 31.9 Å². The Labute approximate surface area is 81.4 Å². The van der Waals surface area contributed by atoms with E-state index >= 15 is 0 Å². The predicted octanol–water partition coefficient (Wildman–Crippen LogP) is -3.91. The van der Waals surface area contributed by atoms with Crippen LogP contribution in [0, 0.1) is 0 Å². The Balaban J connectivity index is -0.0000000383. The molecule has 0 saturated carbocycles. The van der Waals surface area contributed by atoms with Crippen LogP contribution in [0.1, 0.15) is 1.43 Å². The van der Waals surface area contributed by atoms with E-state index in [1.165, 1.54) is 0 Å². The van der Waals surface area contributed by atoms with Crippen LogP contribution < -0.4 is 29.6 Å². The van der Waals surface area contributed by atoms with Gasteiger partial charge in [0, 0.05) is 4.57 Å². The molecule has 10 heavy (non-hydrogen) atoms. The third-order valence-corrected chi connectivity index (χ3v) is 0. The van der Waals surface area contributed by atoms with Gasteiger partial charge in [-0.15, -0.1) is 9.79 Å². The van der Waals surface area contributed by atoms with E-state index in [9.17, 15) is 0 Å². The molecule has 0 rings (SSSR count). The van der Waals surface area contributed by atoms with Crippen molar-refractivity contribution in [1.82, 2.24) is 0 Å². The molecule has 0 aliphatic rings. The fourth-order valence-electron chi connectivity index (χ4n) is 0. The number of hydrogen-bond acceptors (Lipinski definition) is 3. The Morgan fingerprint density at radius 3 is 1.20 bits per heavy atom. The predicted molar refractivity (Wildman–Crippen MR) is 27.3 cm³/mol. The summed E-state index contributed by atoms with van der Waals surface area (Å²) in [5.41, 5.74) is 0. The van der Waals surface area contributed by atoms with Crippen molar-refractivity contribution in [2.24, 2.45) is 0 Å². The second-order valence-electron chi connectivity index (χ2n) is 0.701. The first-order valence-electron chi connectivity index (χ1n) is 1.28. The van der Waals surface area contributed by atoms with Crippen molar-refractivity contribution in [3.63, 3.8) is 0 Å². The molecule has 0 atom stereocenters. The molecule has 0 aliphatic heterocycles. The first kappa shape index (κ1) is 17.1. The Bertz CT molecular complexity index is 161. The van der Waals surface area contributed by atoms with Crippen LogP contribution in [0.2, 0.25) is 0 Å². The maximum atomic E-state index is 8.74. The molecule has 0 saturated heterocycles. The van der Waals surface area contributed by atoms with Gasteiger partial charge in [0.2, 0.25) is 0 Å². The molecule has 0 amide bonds. The largest absolute Gasteiger partial charge is 1.00 e. The Hall–Kier alpha value is 0.890. The summed E-state index contributed by atoms with van der Waals surface area (Å²) in [5.74, 6) is 0. The molecular weight excluding hydrogens is 198 g/mol. The van der Waals surface area contributed by atoms with Gasteiger partial charge in [-0.2, -0.15) is 8.42 Å². The van der Waals surface area contributed by atoms with Gasteiger partial charge in [-0.05, 0) is 0 Å². The molecule has 0 fully saturated rings. The Morgan fingerprint density at radius 1 is 1.20 bits per heavy atom. The molecule has 0 aromatic heterocycles. The smallest absolute Gasteiger partial charge is 1.00 e. The normalized spacial score (nSPS) is 8.40. The fourth-order valence-corrected chi connectivity index (χ4v) is 0. The van der Waals surface area contributed by atoms with Crippen molar-refractivity contribution in [3.05, 3.63) is 0 Å². The van der Waals surface area contributed by atoms with Crippen LogP contribution in [0.25, 0.3) is 0 Å². The average Bonchev–Trinajstić information content (AvgIpc) is 1.19. The van der Waals surface area contributed by atoms with Crippen molar-refractivity contribution in [1.29, 1.82) is 0 Å². The SMILES string of the molecule is O=S(=O)(O)O.O=[P+](O)O.[H-].[Na+]. The Kier molecular flexibility index (Phi) is 13.7. The van der Waals surface area contributed by atoms with Crippen LogP contribution in [0.4, 0.5) is 0 Å². The first-order chi connectivity index (χ1) is 3.73. The molecule has 0 heterocycles. The molecule has 10 heteroatoms. The van der Waals surface area contributed by atoms with Gasteiger partial charge in [-0.1, -0.05) is 0 Å². The van der Waals surface area contributed by atoms with E-state index in [1.807, 2.05) is 0 Å². The van der Waals surface area contributed by atoms with E-state index in [1.54, 1.807) is 0 Å². The molecule has 0 aliphatic carbocycles. The van der Waals surface area contributed by atoms with Crippen LogP contribution in [-0.4, -0.2) is 27.3 Å². The molecule has 0 aromatic carbocycles. The monoisotopic (exact) mass is 203 g/mol. The first-order valence-corrected chi connectivity index (χ1v) is 3.84. The van der Waals surface area contributed by atoms with Gasteiger partial charge < -0.3 is 1.43 Å². The third-order valence-electron chi connectivity index (χ3n) is 0. The maximum absolute atomic E-state index is 8.74. The summed E-state index contributed by atoms with van der Waals surface area (Å²) < 4.78 is 40.3. The van der Waals surface area contributed by atoms with Crippen LogP contribution >= 0.6 is 8.25 Å². The van der Waals surface area contributed by atoms with Gasteiger partial charge in [0.15, 0.2) is 0 Å². The van der Waals surface area contributed by atoms with E-state index in [0.717, 1.165) is 0 Å². The summed E-state index contributed by atoms with van der Waals surface area (Å²) in [7, 11) is -7.54. The minimum Gasteiger partial charge on any atom is -1.00 e. The molecule has 0 unspecified atom stereocenters. The van der Waals surface area contributed by atoms with Crippen LogP contribution in [0.3, 0.4) is 0 Å². The van der Waals surface area contributed by atoms with Gasteiger partial charge in [0.05, 0.1) is 0 Å². The maximum Gasteiger partial charge on any atom is 1.00 e. The van der Waals surface area contributed by atoms with Gasteiger partial charge >= 0.3 is 48.2 Å². The zero-order valence-corrected chi connectivity index (χ0v) is 8.58. The second-order valence-corrected chi connectivity index (χ2v) is 2.10. The molecule has 0 aromatic rings. The summed E-state index contributed by atoms with van der Waals surface area (Å²) in [5, 5.41) is 0. The van der Waals surface area contributed by atoms with Gasteiger partial charge in [-0.3, -0.25) is 9.11 Å². The number of hydrogen-bond donors (Lipinski definition) is 4. The molecule has 58 valence electrons. The van der Waals surface area contributed by atoms with Crippen LogP contribution in [0.5, 0.6) is 0 Å². The minimum atomic E-state index is -4.67. The van der Waals surface area contributed by atoms with Crippen molar-refractivity contribution < 1.29 is 62.9 Å². The standard InChI is InChI=1S/Na.H2O4S.HO3P.H/c;1-5(2,3)4;1-4(2)3;/h;(H2,1,2,3,4);(H-,1,2,3);/q+1;;;-1/p+1. The molecule has 0 radical (unpaired) electrons. The van der Waals surface area contributed by atoms with Gasteiger partial charge in [-0.25, -0.2) is 0 Å². The summed E-state index contributed by atoms with van der Waals surface area (Å²) in [4.78, 5) is 14.2. The van der Waals surface area contributed by atoms with E-state index in [2.05, 4.69) is 0 Å². The Morgan fingerprint density at radius 2 is 1.20 bits per heavy atom. The van der Waals surface area contributed by atoms with Crippen molar-refractivity contribution in [2.75, 3.05) is 0 Å². The van der Waals surface area contributed by atoms with E-state index in [0.29, 0.717) is 0 Å². The van der Waals surface area contributed by atoms with Gasteiger partial charge in [0.25, 0.3) is 0 Å². The zero-order chi connectivity index (χ0) is 8.08. The summed E-state index contributed by atoms with van der Waals surface area (Å²) in [6, 6.07) is 0. The summed E-state index contributed by atoms with van der Waals surface area (Å²) >= 11 is 0. The van der Waals surface area contributed by atoms with E-state index in [-0.39, 0.29) is 31.0 Å². The third kappa shape index (κ3) is 699. The minimum absolute atomic E-state index is 0. The average molecular weight is 203 g/mol.